The molecule has 10 nitrogen and oxygen atoms in total. The monoisotopic (exact) mass is 611 g/mol. The molecule has 0 fully saturated rings. The van der Waals surface area contributed by atoms with E-state index < -0.39 is 17.8 Å². The molecule has 44 heavy (non-hydrogen) atoms. The lowest BCUT2D eigenvalue weighted by Crippen LogP contribution is -2.30. The minimum atomic E-state index is -1.08. The zero-order chi connectivity index (χ0) is 31.5. The molecule has 224 valence electrons. The summed E-state index contributed by atoms with van der Waals surface area (Å²) in [5.74, 6) is -1.29. The van der Waals surface area contributed by atoms with E-state index in [0.717, 1.165) is 4.90 Å². The van der Waals surface area contributed by atoms with E-state index in [-0.39, 0.29) is 22.9 Å². The Morgan fingerprint density at radius 3 is 2.18 bits per heavy atom. The van der Waals surface area contributed by atoms with Gasteiger partial charge in [-0.05, 0) is 72.8 Å². The van der Waals surface area contributed by atoms with Crippen molar-refractivity contribution in [2.75, 3.05) is 30.6 Å². The molecule has 4 N–H and O–H groups in total. The lowest BCUT2D eigenvalue weighted by Gasteiger charge is -2.13. The Kier molecular flexibility index (Phi) is 10.8. The fourth-order valence-corrected chi connectivity index (χ4v) is 4.64. The van der Waals surface area contributed by atoms with E-state index in [2.05, 4.69) is 16.0 Å². The third kappa shape index (κ3) is 8.73. The third-order valence-corrected chi connectivity index (χ3v) is 7.16. The van der Waals surface area contributed by atoms with Crippen LogP contribution in [0.4, 0.5) is 11.4 Å². The minimum Gasteiger partial charge on any atom is -0.497 e. The van der Waals surface area contributed by atoms with E-state index >= 15 is 0 Å². The number of amides is 3. The third-order valence-electron chi connectivity index (χ3n) is 6.14. The van der Waals surface area contributed by atoms with E-state index in [4.69, 9.17) is 14.6 Å². The first kappa shape index (κ1) is 31.4. The van der Waals surface area contributed by atoms with Gasteiger partial charge in [0.25, 0.3) is 11.8 Å². The number of carbonyl (C=O) groups is 4. The molecule has 3 amide bonds. The summed E-state index contributed by atoms with van der Waals surface area (Å²) < 4.78 is 10.7. The summed E-state index contributed by atoms with van der Waals surface area (Å²) in [6.07, 6.45) is 1.52. The van der Waals surface area contributed by atoms with Crippen LogP contribution in [0.25, 0.3) is 6.08 Å². The summed E-state index contributed by atoms with van der Waals surface area (Å²) >= 11 is 1.27. The van der Waals surface area contributed by atoms with E-state index in [1.54, 1.807) is 84.9 Å². The highest BCUT2D eigenvalue weighted by atomic mass is 32.2. The number of nitrogens with one attached hydrogen (secondary N) is 3. The zero-order valence-electron chi connectivity index (χ0n) is 23.8. The first-order valence-corrected chi connectivity index (χ1v) is 14.2. The second-order valence-corrected chi connectivity index (χ2v) is 10.2. The summed E-state index contributed by atoms with van der Waals surface area (Å²) in [5.41, 5.74) is 1.86. The summed E-state index contributed by atoms with van der Waals surface area (Å²) in [7, 11) is 3.03. The largest absolute Gasteiger partial charge is 0.497 e. The molecular formula is C33H29N3O7S. The molecule has 0 heterocycles. The number of anilines is 2. The van der Waals surface area contributed by atoms with Crippen molar-refractivity contribution in [2.24, 2.45) is 0 Å². The molecule has 0 aliphatic carbocycles. The Labute approximate surface area is 258 Å². The van der Waals surface area contributed by atoms with E-state index in [9.17, 15) is 19.2 Å². The number of carbonyl (C=O) groups excluding carboxylic acids is 3. The number of ether oxygens (including phenoxy) is 2. The molecular weight excluding hydrogens is 582 g/mol. The van der Waals surface area contributed by atoms with Crippen molar-refractivity contribution in [3.05, 3.63) is 119 Å². The van der Waals surface area contributed by atoms with Crippen molar-refractivity contribution in [1.29, 1.82) is 0 Å². The predicted octanol–water partition coefficient (Wildman–Crippen LogP) is 5.54. The molecule has 11 heteroatoms. The number of carboxylic acid groups (broad SMARTS) is 1. The number of rotatable bonds is 12. The zero-order valence-corrected chi connectivity index (χ0v) is 24.6. The lowest BCUT2D eigenvalue weighted by molar-refractivity contribution is -0.114. The molecule has 0 unspecified atom stereocenters. The normalized spacial score (nSPS) is 10.8. The van der Waals surface area contributed by atoms with Crippen LogP contribution in [0, 0.1) is 0 Å². The van der Waals surface area contributed by atoms with Gasteiger partial charge >= 0.3 is 5.97 Å². The Balaban J connectivity index is 1.44. The fraction of sp³-hybridized carbons (Fsp3) is 0.0909. The van der Waals surface area contributed by atoms with Gasteiger partial charge in [0.15, 0.2) is 0 Å². The van der Waals surface area contributed by atoms with Gasteiger partial charge in [-0.2, -0.15) is 0 Å². The van der Waals surface area contributed by atoms with Crippen LogP contribution in [0.1, 0.15) is 26.3 Å². The van der Waals surface area contributed by atoms with Gasteiger partial charge in [-0.1, -0.05) is 24.3 Å². The van der Waals surface area contributed by atoms with Gasteiger partial charge in [-0.25, -0.2) is 4.79 Å². The summed E-state index contributed by atoms with van der Waals surface area (Å²) in [4.78, 5) is 50.6. The van der Waals surface area contributed by atoms with Crippen molar-refractivity contribution in [2.45, 2.75) is 4.90 Å². The van der Waals surface area contributed by atoms with Crippen molar-refractivity contribution >= 4 is 52.9 Å². The van der Waals surface area contributed by atoms with E-state index in [1.165, 1.54) is 44.2 Å². The van der Waals surface area contributed by atoms with Crippen molar-refractivity contribution in [3.63, 3.8) is 0 Å². The quantitative estimate of drug-likeness (QED) is 0.121. The smallest absolute Gasteiger partial charge is 0.335 e. The number of carboxylic acids is 1. The van der Waals surface area contributed by atoms with Crippen molar-refractivity contribution in [1.82, 2.24) is 5.32 Å². The molecule has 0 spiro atoms. The average molecular weight is 612 g/mol. The molecule has 4 aromatic rings. The van der Waals surface area contributed by atoms with Crippen LogP contribution in [0.2, 0.25) is 0 Å². The maximum Gasteiger partial charge on any atom is 0.335 e. The number of hydrogen-bond donors (Lipinski definition) is 4. The van der Waals surface area contributed by atoms with Crippen LogP contribution < -0.4 is 25.4 Å². The topological polar surface area (TPSA) is 143 Å². The first-order chi connectivity index (χ1) is 21.2. The summed E-state index contributed by atoms with van der Waals surface area (Å²) in [6.45, 7) is 0. The molecule has 0 bridgehead atoms. The molecule has 0 aliphatic heterocycles. The van der Waals surface area contributed by atoms with Crippen LogP contribution in [-0.4, -0.2) is 48.8 Å². The first-order valence-electron chi connectivity index (χ1n) is 13.2. The van der Waals surface area contributed by atoms with E-state index in [0.29, 0.717) is 34.0 Å². The minimum absolute atomic E-state index is 0.00981. The molecule has 0 radical (unpaired) electrons. The van der Waals surface area contributed by atoms with Gasteiger partial charge < -0.3 is 30.5 Å². The highest BCUT2D eigenvalue weighted by Gasteiger charge is 2.17. The maximum atomic E-state index is 13.4. The Morgan fingerprint density at radius 1 is 0.773 bits per heavy atom. The van der Waals surface area contributed by atoms with Crippen LogP contribution >= 0.6 is 11.8 Å². The van der Waals surface area contributed by atoms with Gasteiger partial charge in [0.05, 0.1) is 25.5 Å². The number of thioether (sulfide) groups is 1. The average Bonchev–Trinajstić information content (AvgIpc) is 3.04. The number of hydrogen-bond acceptors (Lipinski definition) is 7. The molecule has 0 saturated carbocycles. The SMILES string of the molecule is COc1ccc(/C=C(\NC(=O)c2ccccc2)C(=O)Nc2ccc(SCC(=O)Nc3cccc(C(=O)O)c3)cc2)c(OC)c1. The van der Waals surface area contributed by atoms with Gasteiger partial charge in [0.1, 0.15) is 17.2 Å². The molecule has 0 saturated heterocycles. The number of methoxy groups -OCH3 is 2. The van der Waals surface area contributed by atoms with Crippen LogP contribution in [-0.2, 0) is 9.59 Å². The van der Waals surface area contributed by atoms with Gasteiger partial charge in [0, 0.05) is 33.5 Å². The Morgan fingerprint density at radius 2 is 1.50 bits per heavy atom. The molecule has 0 aromatic heterocycles. The second-order valence-electron chi connectivity index (χ2n) is 9.19. The Hall–Kier alpha value is -5.55. The van der Waals surface area contributed by atoms with Gasteiger partial charge in [0.2, 0.25) is 5.91 Å². The second kappa shape index (κ2) is 15.1. The van der Waals surface area contributed by atoms with Crippen molar-refractivity contribution in [3.8, 4) is 11.5 Å². The Bertz CT molecular complexity index is 1690. The molecule has 4 aromatic carbocycles. The van der Waals surface area contributed by atoms with Crippen LogP contribution in [0.5, 0.6) is 11.5 Å². The van der Waals surface area contributed by atoms with Crippen molar-refractivity contribution < 1.29 is 33.8 Å². The van der Waals surface area contributed by atoms with Gasteiger partial charge in [-0.3, -0.25) is 14.4 Å². The fourth-order valence-electron chi connectivity index (χ4n) is 3.94. The summed E-state index contributed by atoms with van der Waals surface area (Å²) in [5, 5.41) is 17.3. The molecule has 0 atom stereocenters. The van der Waals surface area contributed by atoms with Crippen LogP contribution in [0.15, 0.2) is 108 Å². The standard InChI is InChI=1S/C33H29N3O7S/c1-42-26-14-11-22(29(19-26)43-2)18-28(36-31(38)21-7-4-3-5-8-21)32(39)35-24-12-15-27(16-13-24)44-20-30(37)34-25-10-6-9-23(17-25)33(40)41/h3-19H,20H2,1-2H3,(H,34,37)(H,35,39)(H,36,38)(H,40,41)/b28-18-. The summed E-state index contributed by atoms with van der Waals surface area (Å²) in [6, 6.07) is 26.5. The predicted molar refractivity (Wildman–Crippen MR) is 169 cm³/mol. The maximum absolute atomic E-state index is 13.4. The number of benzene rings is 4. The van der Waals surface area contributed by atoms with Crippen LogP contribution in [0.3, 0.4) is 0 Å². The molecule has 0 aliphatic rings. The van der Waals surface area contributed by atoms with Gasteiger partial charge in [-0.15, -0.1) is 11.8 Å². The highest BCUT2D eigenvalue weighted by molar-refractivity contribution is 8.00. The lowest BCUT2D eigenvalue weighted by atomic mass is 10.1. The number of aromatic carboxylic acids is 1. The molecule has 4 rings (SSSR count). The highest BCUT2D eigenvalue weighted by Crippen LogP contribution is 2.27. The van der Waals surface area contributed by atoms with E-state index in [1.807, 2.05) is 0 Å².